The summed E-state index contributed by atoms with van der Waals surface area (Å²) in [5.74, 6) is 0.227. The van der Waals surface area contributed by atoms with Crippen LogP contribution in [0.15, 0.2) is 59.1 Å². The van der Waals surface area contributed by atoms with Crippen molar-refractivity contribution >= 4 is 22.7 Å². The van der Waals surface area contributed by atoms with Crippen molar-refractivity contribution in [3.05, 3.63) is 77.0 Å². The van der Waals surface area contributed by atoms with Crippen LogP contribution in [0, 0.1) is 13.8 Å². The number of carbonyl (C=O) groups excluding carboxylic acids is 1. The van der Waals surface area contributed by atoms with Gasteiger partial charge in [0.05, 0.1) is 10.9 Å². The van der Waals surface area contributed by atoms with Crippen LogP contribution in [0.2, 0.25) is 0 Å². The van der Waals surface area contributed by atoms with E-state index in [-0.39, 0.29) is 5.91 Å². The minimum atomic E-state index is -0.173. The third-order valence-corrected chi connectivity index (χ3v) is 5.40. The van der Waals surface area contributed by atoms with Gasteiger partial charge in [0.1, 0.15) is 5.69 Å². The molecule has 29 heavy (non-hydrogen) atoms. The molecule has 0 spiro atoms. The van der Waals surface area contributed by atoms with Crippen molar-refractivity contribution in [2.45, 2.75) is 32.6 Å². The number of nitrogens with one attached hydrogen (secondary N) is 1. The normalized spacial score (nSPS) is 13.6. The van der Waals surface area contributed by atoms with E-state index >= 15 is 0 Å². The highest BCUT2D eigenvalue weighted by atomic mass is 16.5. The molecule has 5 rings (SSSR count). The van der Waals surface area contributed by atoms with Gasteiger partial charge < -0.3 is 9.84 Å². The first-order valence-corrected chi connectivity index (χ1v) is 9.84. The molecule has 0 bridgehead atoms. The Morgan fingerprint density at radius 2 is 1.86 bits per heavy atom. The minimum Gasteiger partial charge on any atom is -0.335 e. The number of hydrogen-bond acceptors (Lipinski definition) is 4. The van der Waals surface area contributed by atoms with E-state index in [4.69, 9.17) is 4.52 Å². The molecular weight excluding hydrogens is 362 g/mol. The predicted octanol–water partition coefficient (Wildman–Crippen LogP) is 5.64. The van der Waals surface area contributed by atoms with E-state index in [1.807, 2.05) is 68.4 Å². The number of benzene rings is 2. The van der Waals surface area contributed by atoms with E-state index in [1.54, 1.807) is 0 Å². The molecule has 4 aromatic rings. The molecule has 5 nitrogen and oxygen atoms in total. The number of fused-ring (bicyclic) bond motifs is 1. The second-order valence-electron chi connectivity index (χ2n) is 7.72. The zero-order valence-corrected chi connectivity index (χ0v) is 16.4. The Morgan fingerprint density at radius 1 is 1.07 bits per heavy atom. The third-order valence-electron chi connectivity index (χ3n) is 5.40. The highest BCUT2D eigenvalue weighted by Crippen LogP contribution is 2.41. The van der Waals surface area contributed by atoms with Crippen molar-refractivity contribution in [1.29, 1.82) is 0 Å². The Bertz CT molecular complexity index is 1220. The summed E-state index contributed by atoms with van der Waals surface area (Å²) in [6, 6.07) is 17.7. The Labute approximate surface area is 168 Å². The van der Waals surface area contributed by atoms with Gasteiger partial charge in [-0.3, -0.25) is 4.79 Å². The average molecular weight is 383 g/mol. The van der Waals surface area contributed by atoms with Crippen molar-refractivity contribution in [2.24, 2.45) is 0 Å². The molecule has 144 valence electrons. The number of hydrogen-bond donors (Lipinski definition) is 1. The monoisotopic (exact) mass is 383 g/mol. The molecule has 1 amide bonds. The molecule has 0 unspecified atom stereocenters. The summed E-state index contributed by atoms with van der Waals surface area (Å²) in [6.07, 6.45) is 2.19. The Balaban J connectivity index is 1.65. The topological polar surface area (TPSA) is 68.0 Å². The van der Waals surface area contributed by atoms with Gasteiger partial charge in [-0.2, -0.15) is 0 Å². The van der Waals surface area contributed by atoms with Crippen LogP contribution < -0.4 is 5.32 Å². The number of aromatic nitrogens is 2. The molecule has 0 saturated heterocycles. The van der Waals surface area contributed by atoms with Crippen LogP contribution in [-0.4, -0.2) is 16.0 Å². The van der Waals surface area contributed by atoms with Gasteiger partial charge in [-0.25, -0.2) is 4.98 Å². The quantitative estimate of drug-likeness (QED) is 0.495. The molecule has 2 aromatic carbocycles. The van der Waals surface area contributed by atoms with Crippen molar-refractivity contribution in [2.75, 3.05) is 5.32 Å². The van der Waals surface area contributed by atoms with E-state index < -0.39 is 0 Å². The summed E-state index contributed by atoms with van der Waals surface area (Å²) in [5, 5.41) is 7.98. The second kappa shape index (κ2) is 6.85. The van der Waals surface area contributed by atoms with Crippen molar-refractivity contribution in [3.63, 3.8) is 0 Å². The standard InChI is InChI=1S/C24H21N3O2/c1-14-8-9-15(2)19(12-14)25-23(28)18-13-20(16-10-11-16)26-24-21(18)22(27-29-24)17-6-4-3-5-7-17/h3-9,12-13,16H,10-11H2,1-2H3,(H,25,28). The predicted molar refractivity (Wildman–Crippen MR) is 113 cm³/mol. The van der Waals surface area contributed by atoms with E-state index in [1.165, 1.54) is 0 Å². The average Bonchev–Trinajstić information content (AvgIpc) is 3.50. The first-order valence-electron chi connectivity index (χ1n) is 9.84. The van der Waals surface area contributed by atoms with Crippen LogP contribution in [0.5, 0.6) is 0 Å². The summed E-state index contributed by atoms with van der Waals surface area (Å²) in [6.45, 7) is 4.00. The van der Waals surface area contributed by atoms with Crippen LogP contribution in [0.3, 0.4) is 0 Å². The van der Waals surface area contributed by atoms with E-state index in [9.17, 15) is 4.79 Å². The maximum absolute atomic E-state index is 13.4. The molecule has 0 aliphatic heterocycles. The summed E-state index contributed by atoms with van der Waals surface area (Å²) in [4.78, 5) is 18.0. The summed E-state index contributed by atoms with van der Waals surface area (Å²) < 4.78 is 5.56. The van der Waals surface area contributed by atoms with Crippen LogP contribution in [0.4, 0.5) is 5.69 Å². The first-order chi connectivity index (χ1) is 14.1. The van der Waals surface area contributed by atoms with Gasteiger partial charge in [-0.15, -0.1) is 0 Å². The minimum absolute atomic E-state index is 0.173. The number of aryl methyl sites for hydroxylation is 2. The number of pyridine rings is 1. The molecule has 2 aromatic heterocycles. The van der Waals surface area contributed by atoms with Crippen LogP contribution >= 0.6 is 0 Å². The molecule has 1 N–H and O–H groups in total. The highest BCUT2D eigenvalue weighted by molar-refractivity contribution is 6.15. The molecule has 0 radical (unpaired) electrons. The number of carbonyl (C=O) groups is 1. The first kappa shape index (κ1) is 17.6. The summed E-state index contributed by atoms with van der Waals surface area (Å²) >= 11 is 0. The van der Waals surface area contributed by atoms with Crippen LogP contribution in [0.25, 0.3) is 22.4 Å². The molecule has 1 fully saturated rings. The molecular formula is C24H21N3O2. The van der Waals surface area contributed by atoms with Gasteiger partial charge >= 0.3 is 0 Å². The van der Waals surface area contributed by atoms with Crippen molar-refractivity contribution in [3.8, 4) is 11.3 Å². The van der Waals surface area contributed by atoms with Gasteiger partial charge in [-0.1, -0.05) is 47.6 Å². The molecule has 0 atom stereocenters. The number of anilines is 1. The Morgan fingerprint density at radius 3 is 2.62 bits per heavy atom. The van der Waals surface area contributed by atoms with E-state index in [0.717, 1.165) is 40.9 Å². The number of nitrogens with zero attached hydrogens (tertiary/aromatic N) is 2. The number of rotatable bonds is 4. The van der Waals surface area contributed by atoms with E-state index in [2.05, 4.69) is 15.5 Å². The lowest BCUT2D eigenvalue weighted by Gasteiger charge is -2.11. The fourth-order valence-electron chi connectivity index (χ4n) is 3.59. The fourth-order valence-corrected chi connectivity index (χ4v) is 3.59. The largest absolute Gasteiger partial charge is 0.335 e. The van der Waals surface area contributed by atoms with Gasteiger partial charge in [-0.05, 0) is 49.9 Å². The molecule has 1 aliphatic rings. The molecule has 1 saturated carbocycles. The summed E-state index contributed by atoms with van der Waals surface area (Å²) in [7, 11) is 0. The zero-order chi connectivity index (χ0) is 20.0. The van der Waals surface area contributed by atoms with Crippen LogP contribution in [0.1, 0.15) is 45.9 Å². The van der Waals surface area contributed by atoms with Gasteiger partial charge in [0, 0.05) is 22.9 Å². The third kappa shape index (κ3) is 3.29. The maximum atomic E-state index is 13.4. The molecule has 1 aliphatic carbocycles. The molecule has 5 heteroatoms. The second-order valence-corrected chi connectivity index (χ2v) is 7.72. The van der Waals surface area contributed by atoms with Gasteiger partial charge in [0.15, 0.2) is 0 Å². The number of amides is 1. The fraction of sp³-hybridized carbons (Fsp3) is 0.208. The zero-order valence-electron chi connectivity index (χ0n) is 16.4. The smallest absolute Gasteiger partial charge is 0.259 e. The van der Waals surface area contributed by atoms with E-state index in [0.29, 0.717) is 28.3 Å². The lowest BCUT2D eigenvalue weighted by molar-refractivity contribution is 0.102. The Hall–Kier alpha value is -3.47. The maximum Gasteiger partial charge on any atom is 0.259 e. The lowest BCUT2D eigenvalue weighted by atomic mass is 10.0. The van der Waals surface area contributed by atoms with Gasteiger partial charge in [0.25, 0.3) is 11.6 Å². The molecule has 2 heterocycles. The van der Waals surface area contributed by atoms with Crippen LogP contribution in [-0.2, 0) is 0 Å². The van der Waals surface area contributed by atoms with Crippen molar-refractivity contribution < 1.29 is 9.32 Å². The summed E-state index contributed by atoms with van der Waals surface area (Å²) in [5.41, 5.74) is 6.33. The SMILES string of the molecule is Cc1ccc(C)c(NC(=O)c2cc(C3CC3)nc3onc(-c4ccccc4)c23)c1. The highest BCUT2D eigenvalue weighted by Gasteiger charge is 2.29. The Kier molecular flexibility index (Phi) is 4.16. The van der Waals surface area contributed by atoms with Gasteiger partial charge in [0.2, 0.25) is 0 Å². The lowest BCUT2D eigenvalue weighted by Crippen LogP contribution is -2.14. The van der Waals surface area contributed by atoms with Crippen molar-refractivity contribution in [1.82, 2.24) is 10.1 Å².